The van der Waals surface area contributed by atoms with Gasteiger partial charge in [-0.2, -0.15) is 0 Å². The van der Waals surface area contributed by atoms with Crippen LogP contribution in [0.4, 0.5) is 4.39 Å². The number of nitrogens with zero attached hydrogens (tertiary/aromatic N) is 1. The van der Waals surface area contributed by atoms with Crippen molar-refractivity contribution < 1.29 is 18.7 Å². The molecule has 1 aromatic carbocycles. The van der Waals surface area contributed by atoms with Gasteiger partial charge in [0.25, 0.3) is 11.8 Å². The lowest BCUT2D eigenvalue weighted by Crippen LogP contribution is -2.41. The van der Waals surface area contributed by atoms with Crippen LogP contribution in [0.3, 0.4) is 0 Å². The summed E-state index contributed by atoms with van der Waals surface area (Å²) in [6.07, 6.45) is 1.50. The Morgan fingerprint density at radius 3 is 2.50 bits per heavy atom. The van der Waals surface area contributed by atoms with Crippen LogP contribution >= 0.6 is 11.3 Å². The van der Waals surface area contributed by atoms with Crippen LogP contribution in [-0.4, -0.2) is 23.9 Å². The first kappa shape index (κ1) is 17.6. The third-order valence-corrected chi connectivity index (χ3v) is 4.59. The predicted octanol–water partition coefficient (Wildman–Crippen LogP) is 3.03. The van der Waals surface area contributed by atoms with Gasteiger partial charge in [-0.25, -0.2) is 9.37 Å². The summed E-state index contributed by atoms with van der Waals surface area (Å²) < 4.78 is 18.0. The zero-order valence-electron chi connectivity index (χ0n) is 13.7. The normalized spacial score (nSPS) is 10.2. The molecule has 0 aliphatic heterocycles. The Morgan fingerprint density at radius 2 is 1.77 bits per heavy atom. The first-order chi connectivity index (χ1) is 12.6. The molecule has 0 saturated heterocycles. The van der Waals surface area contributed by atoms with Crippen molar-refractivity contribution in [3.8, 4) is 16.3 Å². The quantitative estimate of drug-likeness (QED) is 0.691. The molecule has 0 unspecified atom stereocenters. The molecular weight excluding hydrogens is 357 g/mol. The summed E-state index contributed by atoms with van der Waals surface area (Å²) in [6.45, 7) is 0. The number of aromatic nitrogens is 1. The highest BCUT2D eigenvalue weighted by Crippen LogP contribution is 2.28. The van der Waals surface area contributed by atoms with Gasteiger partial charge in [-0.1, -0.05) is 12.1 Å². The number of methoxy groups -OCH3 is 1. The van der Waals surface area contributed by atoms with Gasteiger partial charge in [-0.3, -0.25) is 20.4 Å². The van der Waals surface area contributed by atoms with E-state index in [1.54, 1.807) is 30.3 Å². The SMILES string of the molecule is COc1ncccc1C(=O)NNC(=O)c1ccc(-c2ccc(F)cc2)s1. The highest BCUT2D eigenvalue weighted by atomic mass is 32.1. The third-order valence-electron chi connectivity index (χ3n) is 3.46. The summed E-state index contributed by atoms with van der Waals surface area (Å²) in [5.74, 6) is -1.16. The van der Waals surface area contributed by atoms with Gasteiger partial charge in [-0.15, -0.1) is 11.3 Å². The molecule has 2 N–H and O–H groups in total. The molecule has 0 aliphatic rings. The second kappa shape index (κ2) is 7.75. The molecule has 132 valence electrons. The molecule has 3 aromatic rings. The van der Waals surface area contributed by atoms with E-state index in [4.69, 9.17) is 4.74 Å². The molecule has 0 spiro atoms. The number of rotatable bonds is 4. The van der Waals surface area contributed by atoms with Crippen molar-refractivity contribution in [1.82, 2.24) is 15.8 Å². The van der Waals surface area contributed by atoms with Crippen molar-refractivity contribution in [2.75, 3.05) is 7.11 Å². The number of halogens is 1. The van der Waals surface area contributed by atoms with Gasteiger partial charge in [0.15, 0.2) is 0 Å². The summed E-state index contributed by atoms with van der Waals surface area (Å²) in [7, 11) is 1.40. The number of carbonyl (C=O) groups is 2. The van der Waals surface area contributed by atoms with E-state index >= 15 is 0 Å². The van der Waals surface area contributed by atoms with Gasteiger partial charge >= 0.3 is 0 Å². The smallest absolute Gasteiger partial charge is 0.279 e. The number of amides is 2. The Bertz CT molecular complexity index is 941. The minimum absolute atomic E-state index is 0.161. The van der Waals surface area contributed by atoms with Crippen molar-refractivity contribution in [3.05, 3.63) is 71.0 Å². The lowest BCUT2D eigenvalue weighted by molar-refractivity contribution is 0.0846. The van der Waals surface area contributed by atoms with E-state index < -0.39 is 11.8 Å². The van der Waals surface area contributed by atoms with Gasteiger partial charge in [-0.05, 0) is 42.0 Å². The van der Waals surface area contributed by atoms with Crippen LogP contribution in [0.15, 0.2) is 54.7 Å². The lowest BCUT2D eigenvalue weighted by atomic mass is 10.2. The molecule has 2 heterocycles. The van der Waals surface area contributed by atoms with Crippen LogP contribution in [0.5, 0.6) is 5.88 Å². The van der Waals surface area contributed by atoms with Gasteiger partial charge < -0.3 is 4.74 Å². The van der Waals surface area contributed by atoms with Gasteiger partial charge in [0.2, 0.25) is 5.88 Å². The molecule has 2 aromatic heterocycles. The number of hydrazine groups is 1. The molecule has 0 aliphatic carbocycles. The Kier molecular flexibility index (Phi) is 5.23. The van der Waals surface area contributed by atoms with E-state index in [0.717, 1.165) is 10.4 Å². The molecule has 0 saturated carbocycles. The summed E-state index contributed by atoms with van der Waals surface area (Å²) in [5, 5.41) is 0. The zero-order chi connectivity index (χ0) is 18.5. The number of hydrogen-bond acceptors (Lipinski definition) is 5. The van der Waals surface area contributed by atoms with E-state index in [9.17, 15) is 14.0 Å². The maximum absolute atomic E-state index is 13.0. The fraction of sp³-hybridized carbons (Fsp3) is 0.0556. The second-order valence-corrected chi connectivity index (χ2v) is 6.22. The lowest BCUT2D eigenvalue weighted by Gasteiger charge is -2.08. The van der Waals surface area contributed by atoms with Crippen molar-refractivity contribution in [1.29, 1.82) is 0 Å². The maximum atomic E-state index is 13.0. The number of ether oxygens (including phenoxy) is 1. The van der Waals surface area contributed by atoms with Crippen molar-refractivity contribution in [3.63, 3.8) is 0 Å². The Labute approximate surface area is 152 Å². The fourth-order valence-corrected chi connectivity index (χ4v) is 3.10. The van der Waals surface area contributed by atoms with E-state index in [-0.39, 0.29) is 17.3 Å². The molecule has 0 bridgehead atoms. The zero-order valence-corrected chi connectivity index (χ0v) is 14.5. The molecule has 0 atom stereocenters. The Morgan fingerprint density at radius 1 is 1.04 bits per heavy atom. The third kappa shape index (κ3) is 3.86. The molecule has 6 nitrogen and oxygen atoms in total. The molecule has 26 heavy (non-hydrogen) atoms. The van der Waals surface area contributed by atoms with Crippen LogP contribution < -0.4 is 15.6 Å². The van der Waals surface area contributed by atoms with Crippen LogP contribution in [0.1, 0.15) is 20.0 Å². The van der Waals surface area contributed by atoms with E-state index in [1.165, 1.54) is 42.8 Å². The number of thiophene rings is 1. The number of benzene rings is 1. The fourth-order valence-electron chi connectivity index (χ4n) is 2.20. The predicted molar refractivity (Wildman–Crippen MR) is 95.4 cm³/mol. The highest BCUT2D eigenvalue weighted by molar-refractivity contribution is 7.17. The van der Waals surface area contributed by atoms with Crippen LogP contribution in [0.2, 0.25) is 0 Å². The van der Waals surface area contributed by atoms with E-state index in [0.29, 0.717) is 4.88 Å². The number of hydrogen-bond donors (Lipinski definition) is 2. The molecule has 2 amide bonds. The summed E-state index contributed by atoms with van der Waals surface area (Å²) in [4.78, 5) is 29.5. The van der Waals surface area contributed by atoms with Gasteiger partial charge in [0, 0.05) is 11.1 Å². The summed E-state index contributed by atoms with van der Waals surface area (Å²) in [5.41, 5.74) is 5.69. The average molecular weight is 371 g/mol. The monoisotopic (exact) mass is 371 g/mol. The average Bonchev–Trinajstić information content (AvgIpc) is 3.16. The van der Waals surface area contributed by atoms with Crippen LogP contribution in [-0.2, 0) is 0 Å². The van der Waals surface area contributed by atoms with Crippen molar-refractivity contribution >= 4 is 23.2 Å². The summed E-state index contributed by atoms with van der Waals surface area (Å²) >= 11 is 1.23. The largest absolute Gasteiger partial charge is 0.480 e. The van der Waals surface area contributed by atoms with Gasteiger partial charge in [0.1, 0.15) is 11.4 Å². The first-order valence-electron chi connectivity index (χ1n) is 7.54. The molecule has 0 radical (unpaired) electrons. The standard InChI is InChI=1S/C18H14FN3O3S/c1-25-18-13(3-2-10-20-18)16(23)21-22-17(24)15-9-8-14(26-15)11-4-6-12(19)7-5-11/h2-10H,1H3,(H,21,23)(H,22,24). The Balaban J connectivity index is 1.65. The maximum Gasteiger partial charge on any atom is 0.279 e. The number of pyridine rings is 1. The summed E-state index contributed by atoms with van der Waals surface area (Å²) in [6, 6.07) is 12.5. The minimum atomic E-state index is -0.543. The topological polar surface area (TPSA) is 80.3 Å². The van der Waals surface area contributed by atoms with Crippen molar-refractivity contribution in [2.24, 2.45) is 0 Å². The van der Waals surface area contributed by atoms with Crippen molar-refractivity contribution in [2.45, 2.75) is 0 Å². The van der Waals surface area contributed by atoms with Gasteiger partial charge in [0.05, 0.1) is 12.0 Å². The van der Waals surface area contributed by atoms with E-state index in [2.05, 4.69) is 15.8 Å². The minimum Gasteiger partial charge on any atom is -0.480 e. The number of carbonyl (C=O) groups excluding carboxylic acids is 2. The van der Waals surface area contributed by atoms with Crippen LogP contribution in [0, 0.1) is 5.82 Å². The first-order valence-corrected chi connectivity index (χ1v) is 8.35. The Hall–Kier alpha value is -3.26. The molecule has 0 fully saturated rings. The number of nitrogens with one attached hydrogen (secondary N) is 2. The highest BCUT2D eigenvalue weighted by Gasteiger charge is 2.15. The second-order valence-electron chi connectivity index (χ2n) is 5.14. The molecule has 3 rings (SSSR count). The molecule has 8 heteroatoms. The van der Waals surface area contributed by atoms with Crippen LogP contribution in [0.25, 0.3) is 10.4 Å². The van der Waals surface area contributed by atoms with E-state index in [1.807, 2.05) is 0 Å². The molecular formula is C18H14FN3O3S.